The van der Waals surface area contributed by atoms with Crippen LogP contribution in [0.1, 0.15) is 22.4 Å². The van der Waals surface area contributed by atoms with Crippen molar-refractivity contribution >= 4 is 15.9 Å². The average Bonchev–Trinajstić information content (AvgIpc) is 2.77. The minimum absolute atomic E-state index is 0.192. The van der Waals surface area contributed by atoms with Crippen LogP contribution in [0.4, 0.5) is 0 Å². The van der Waals surface area contributed by atoms with E-state index in [0.29, 0.717) is 25.1 Å². The van der Waals surface area contributed by atoms with Gasteiger partial charge in [0.05, 0.1) is 18.7 Å². The molecule has 0 amide bonds. The molecule has 1 aromatic heterocycles. The third-order valence-electron chi connectivity index (χ3n) is 5.38. The Labute approximate surface area is 183 Å². The molecule has 0 fully saturated rings. The first-order chi connectivity index (χ1) is 14.5. The smallest absolute Gasteiger partial charge is 0.300 e. The maximum atomic E-state index is 13.1. The predicted molar refractivity (Wildman–Crippen MR) is 121 cm³/mol. The molecule has 0 spiro atoms. The Hall–Kier alpha value is -2.88. The first-order valence-electron chi connectivity index (χ1n) is 9.85. The zero-order valence-corrected chi connectivity index (χ0v) is 18.4. The molecular formula is C24H22BrN3O2. The van der Waals surface area contributed by atoms with Gasteiger partial charge in [-0.3, -0.25) is 14.3 Å². The van der Waals surface area contributed by atoms with Crippen molar-refractivity contribution in [3.05, 3.63) is 102 Å². The third-order valence-corrected chi connectivity index (χ3v) is 5.91. The van der Waals surface area contributed by atoms with Gasteiger partial charge in [0.1, 0.15) is 0 Å². The summed E-state index contributed by atoms with van der Waals surface area (Å²) >= 11 is 3.42. The largest absolute Gasteiger partial charge is 0.331 e. The monoisotopic (exact) mass is 463 g/mol. The van der Waals surface area contributed by atoms with Gasteiger partial charge in [-0.05, 0) is 29.8 Å². The van der Waals surface area contributed by atoms with Gasteiger partial charge in [-0.2, -0.15) is 0 Å². The molecule has 4 rings (SSSR count). The molecule has 0 N–H and O–H groups in total. The molecule has 0 bridgehead atoms. The third kappa shape index (κ3) is 4.33. The highest BCUT2D eigenvalue weighted by Crippen LogP contribution is 2.14. The first kappa shape index (κ1) is 20.4. The average molecular weight is 464 g/mol. The van der Waals surface area contributed by atoms with Crippen molar-refractivity contribution in [3.63, 3.8) is 0 Å². The van der Waals surface area contributed by atoms with Crippen LogP contribution in [0.2, 0.25) is 0 Å². The molecule has 6 heteroatoms. The van der Waals surface area contributed by atoms with Crippen LogP contribution < -0.4 is 11.2 Å². The zero-order chi connectivity index (χ0) is 21.1. The predicted octanol–water partition coefficient (Wildman–Crippen LogP) is 2.77. The highest BCUT2D eigenvalue weighted by atomic mass is 79.9. The second-order valence-corrected chi connectivity index (χ2v) is 8.33. The van der Waals surface area contributed by atoms with E-state index >= 15 is 0 Å². The Morgan fingerprint density at radius 1 is 1.03 bits per heavy atom. The lowest BCUT2D eigenvalue weighted by Gasteiger charge is -2.28. The number of fused-ring (bicyclic) bond motifs is 1. The minimum atomic E-state index is -0.258. The van der Waals surface area contributed by atoms with E-state index in [9.17, 15) is 9.59 Å². The van der Waals surface area contributed by atoms with Crippen molar-refractivity contribution in [1.82, 2.24) is 14.0 Å². The van der Waals surface area contributed by atoms with Crippen molar-refractivity contribution in [3.8, 4) is 11.8 Å². The van der Waals surface area contributed by atoms with Crippen molar-refractivity contribution in [2.75, 3.05) is 13.1 Å². The lowest BCUT2D eigenvalue weighted by molar-refractivity contribution is 0.275. The zero-order valence-electron chi connectivity index (χ0n) is 16.8. The molecule has 0 unspecified atom stereocenters. The van der Waals surface area contributed by atoms with Crippen LogP contribution in [-0.2, 0) is 26.6 Å². The lowest BCUT2D eigenvalue weighted by atomic mass is 10.1. The van der Waals surface area contributed by atoms with Gasteiger partial charge in [-0.25, -0.2) is 4.79 Å². The van der Waals surface area contributed by atoms with Gasteiger partial charge in [0.2, 0.25) is 0 Å². The first-order valence-corrected chi connectivity index (χ1v) is 10.6. The van der Waals surface area contributed by atoms with Crippen LogP contribution >= 0.6 is 15.9 Å². The van der Waals surface area contributed by atoms with Gasteiger partial charge in [-0.15, -0.1) is 0 Å². The summed E-state index contributed by atoms with van der Waals surface area (Å²) in [4.78, 5) is 28.1. The Bertz CT molecular complexity index is 1230. The van der Waals surface area contributed by atoms with E-state index in [1.807, 2.05) is 54.6 Å². The molecule has 1 aliphatic rings. The van der Waals surface area contributed by atoms with Gasteiger partial charge in [0.25, 0.3) is 5.56 Å². The minimum Gasteiger partial charge on any atom is -0.300 e. The highest BCUT2D eigenvalue weighted by Gasteiger charge is 2.23. The van der Waals surface area contributed by atoms with Crippen molar-refractivity contribution in [1.29, 1.82) is 0 Å². The van der Waals surface area contributed by atoms with Crippen molar-refractivity contribution in [2.24, 2.45) is 7.05 Å². The topological polar surface area (TPSA) is 47.2 Å². The number of rotatable bonds is 3. The summed E-state index contributed by atoms with van der Waals surface area (Å²) in [6, 6.07) is 17.5. The molecule has 2 aromatic carbocycles. The molecule has 5 nitrogen and oxygen atoms in total. The van der Waals surface area contributed by atoms with Crippen LogP contribution in [0.15, 0.2) is 68.7 Å². The SMILES string of the molecule is Cn1c2c(c(=O)n(Cc3ccccc3)c1=O)CN(CC#Cc1ccc(Br)cc1)CC2. The molecule has 2 heterocycles. The summed E-state index contributed by atoms with van der Waals surface area (Å²) in [5, 5.41) is 0. The summed E-state index contributed by atoms with van der Waals surface area (Å²) in [6.07, 6.45) is 0.669. The molecule has 0 saturated carbocycles. The summed E-state index contributed by atoms with van der Waals surface area (Å²) < 4.78 is 3.99. The Kier molecular flexibility index (Phi) is 6.03. The molecule has 0 radical (unpaired) electrons. The fourth-order valence-corrected chi connectivity index (χ4v) is 4.01. The maximum Gasteiger partial charge on any atom is 0.331 e. The van der Waals surface area contributed by atoms with Crippen LogP contribution in [0.5, 0.6) is 0 Å². The van der Waals surface area contributed by atoms with E-state index in [4.69, 9.17) is 0 Å². The summed E-state index contributed by atoms with van der Waals surface area (Å²) in [7, 11) is 1.76. The molecule has 1 aliphatic heterocycles. The van der Waals surface area contributed by atoms with E-state index in [0.717, 1.165) is 27.8 Å². The lowest BCUT2D eigenvalue weighted by Crippen LogP contribution is -2.47. The Morgan fingerprint density at radius 3 is 2.50 bits per heavy atom. The van der Waals surface area contributed by atoms with E-state index < -0.39 is 0 Å². The van der Waals surface area contributed by atoms with Gasteiger partial charge in [0, 0.05) is 42.3 Å². The van der Waals surface area contributed by atoms with E-state index in [2.05, 4.69) is 32.7 Å². The van der Waals surface area contributed by atoms with Crippen LogP contribution in [0.25, 0.3) is 0 Å². The van der Waals surface area contributed by atoms with Gasteiger partial charge >= 0.3 is 5.69 Å². The number of aromatic nitrogens is 2. The normalized spacial score (nSPS) is 13.4. The van der Waals surface area contributed by atoms with E-state index in [1.54, 1.807) is 11.6 Å². The molecule has 30 heavy (non-hydrogen) atoms. The summed E-state index contributed by atoms with van der Waals surface area (Å²) in [5.41, 5.74) is 2.98. The Morgan fingerprint density at radius 2 is 1.77 bits per heavy atom. The molecule has 0 atom stereocenters. The number of nitrogens with zero attached hydrogens (tertiary/aromatic N) is 3. The van der Waals surface area contributed by atoms with E-state index in [-0.39, 0.29) is 17.8 Å². The molecule has 152 valence electrons. The van der Waals surface area contributed by atoms with Crippen molar-refractivity contribution in [2.45, 2.75) is 19.5 Å². The fourth-order valence-electron chi connectivity index (χ4n) is 3.74. The van der Waals surface area contributed by atoms with Crippen molar-refractivity contribution < 1.29 is 0 Å². The quantitative estimate of drug-likeness (QED) is 0.561. The van der Waals surface area contributed by atoms with Gasteiger partial charge in [0.15, 0.2) is 0 Å². The Balaban J connectivity index is 1.57. The number of halogens is 1. The van der Waals surface area contributed by atoms with Gasteiger partial charge < -0.3 is 4.57 Å². The summed E-state index contributed by atoms with van der Waals surface area (Å²) in [6.45, 7) is 2.14. The van der Waals surface area contributed by atoms with Crippen LogP contribution in [0, 0.1) is 11.8 Å². The van der Waals surface area contributed by atoms with Crippen LogP contribution in [-0.4, -0.2) is 27.1 Å². The number of benzene rings is 2. The molecule has 0 aliphatic carbocycles. The van der Waals surface area contributed by atoms with E-state index in [1.165, 1.54) is 4.57 Å². The standard InChI is InChI=1S/C24H22BrN3O2/c1-26-22-13-15-27(14-5-8-18-9-11-20(25)12-10-18)17-21(22)23(29)28(24(26)30)16-19-6-3-2-4-7-19/h2-4,6-7,9-12H,13-17H2,1H3. The van der Waals surface area contributed by atoms with Crippen LogP contribution in [0.3, 0.4) is 0 Å². The highest BCUT2D eigenvalue weighted by molar-refractivity contribution is 9.10. The second kappa shape index (κ2) is 8.86. The summed E-state index contributed by atoms with van der Waals surface area (Å²) in [5.74, 6) is 6.38. The van der Waals surface area contributed by atoms with Gasteiger partial charge in [-0.1, -0.05) is 58.1 Å². The molecule has 3 aromatic rings. The fraction of sp³-hybridized carbons (Fsp3) is 0.250. The maximum absolute atomic E-state index is 13.1. The number of hydrogen-bond acceptors (Lipinski definition) is 3. The molecule has 0 saturated heterocycles. The number of hydrogen-bond donors (Lipinski definition) is 0. The molecular weight excluding hydrogens is 442 g/mol. The second-order valence-electron chi connectivity index (χ2n) is 7.41.